The number of nitrogens with one attached hydrogen (secondary N) is 2. The number of aromatic nitrogens is 2. The second kappa shape index (κ2) is 6.50. The van der Waals surface area contributed by atoms with Crippen LogP contribution < -0.4 is 10.6 Å². The van der Waals surface area contributed by atoms with Crippen LogP contribution in [-0.2, 0) is 0 Å². The Balaban J connectivity index is 2.20. The lowest BCUT2D eigenvalue weighted by atomic mass is 10.2. The third kappa shape index (κ3) is 2.93. The predicted octanol–water partition coefficient (Wildman–Crippen LogP) is 4.61. The molecule has 0 amide bonds. The number of benzene rings is 2. The van der Waals surface area contributed by atoms with Crippen LogP contribution in [0.2, 0.25) is 10.0 Å². The lowest BCUT2D eigenvalue weighted by molar-refractivity contribution is -0.382. The number of fused-ring (bicyclic) bond motifs is 1. The van der Waals surface area contributed by atoms with Crippen molar-refractivity contribution in [2.24, 2.45) is 0 Å². The van der Waals surface area contributed by atoms with Gasteiger partial charge in [0.25, 0.3) is 0 Å². The Kier molecular flexibility index (Phi) is 4.41. The molecule has 24 heavy (non-hydrogen) atoms. The van der Waals surface area contributed by atoms with E-state index in [1.54, 1.807) is 24.3 Å². The highest BCUT2D eigenvalue weighted by molar-refractivity contribution is 6.35. The summed E-state index contributed by atoms with van der Waals surface area (Å²) in [5, 5.41) is 25.7. The monoisotopic (exact) mass is 367 g/mol. The first-order valence-corrected chi connectivity index (χ1v) is 7.66. The van der Waals surface area contributed by atoms with Gasteiger partial charge in [0.2, 0.25) is 5.52 Å². The first-order chi connectivity index (χ1) is 11.5. The van der Waals surface area contributed by atoms with Crippen molar-refractivity contribution in [2.45, 2.75) is 6.92 Å². The van der Waals surface area contributed by atoms with Crippen LogP contribution in [0.3, 0.4) is 0 Å². The smallest absolute Gasteiger partial charge is 0.324 e. The molecular formula is C14H11Cl2N5O3. The van der Waals surface area contributed by atoms with Gasteiger partial charge in [-0.25, -0.2) is 4.63 Å². The average Bonchev–Trinajstić information content (AvgIpc) is 3.00. The number of rotatable bonds is 5. The van der Waals surface area contributed by atoms with Crippen LogP contribution in [0.25, 0.3) is 11.0 Å². The van der Waals surface area contributed by atoms with Crippen molar-refractivity contribution in [1.82, 2.24) is 10.3 Å². The van der Waals surface area contributed by atoms with Gasteiger partial charge < -0.3 is 10.6 Å². The van der Waals surface area contributed by atoms with Gasteiger partial charge in [0, 0.05) is 11.6 Å². The second-order valence-electron chi connectivity index (χ2n) is 4.82. The zero-order valence-corrected chi connectivity index (χ0v) is 13.9. The molecular weight excluding hydrogens is 357 g/mol. The van der Waals surface area contributed by atoms with Crippen molar-refractivity contribution in [3.8, 4) is 0 Å². The lowest BCUT2D eigenvalue weighted by Crippen LogP contribution is -2.03. The quantitative estimate of drug-likeness (QED) is 0.500. The number of nitro groups is 1. The Morgan fingerprint density at radius 2 is 1.92 bits per heavy atom. The van der Waals surface area contributed by atoms with Gasteiger partial charge in [0.1, 0.15) is 5.69 Å². The summed E-state index contributed by atoms with van der Waals surface area (Å²) in [7, 11) is 0. The highest BCUT2D eigenvalue weighted by Crippen LogP contribution is 2.39. The number of hydrogen-bond donors (Lipinski definition) is 2. The third-order valence-electron chi connectivity index (χ3n) is 3.26. The van der Waals surface area contributed by atoms with Crippen LogP contribution >= 0.6 is 23.2 Å². The SMILES string of the molecule is CCNc1cc(Nc2cc(Cl)ccc2Cl)c([N+](=O)[O-])c2nonc12. The molecule has 0 aliphatic carbocycles. The molecule has 124 valence electrons. The standard InChI is InChI=1S/C14H11Cl2N5O3/c1-2-17-10-6-11(18-9-5-7(15)3-4-8(9)16)14(21(22)23)13-12(10)19-24-20-13/h3-6,17-18H,2H2,1H3. The molecule has 0 unspecified atom stereocenters. The van der Waals surface area contributed by atoms with E-state index in [-0.39, 0.29) is 22.4 Å². The average molecular weight is 368 g/mol. The molecule has 0 aliphatic rings. The highest BCUT2D eigenvalue weighted by Gasteiger charge is 2.26. The first-order valence-electron chi connectivity index (χ1n) is 6.91. The van der Waals surface area contributed by atoms with E-state index in [0.29, 0.717) is 28.0 Å². The molecule has 0 saturated carbocycles. The van der Waals surface area contributed by atoms with E-state index in [2.05, 4.69) is 25.6 Å². The maximum absolute atomic E-state index is 11.5. The molecule has 0 aliphatic heterocycles. The van der Waals surface area contributed by atoms with Gasteiger partial charge in [-0.2, -0.15) is 0 Å². The first kappa shape index (κ1) is 16.3. The molecule has 0 atom stereocenters. The van der Waals surface area contributed by atoms with Crippen molar-refractivity contribution < 1.29 is 9.55 Å². The number of hydrogen-bond acceptors (Lipinski definition) is 7. The van der Waals surface area contributed by atoms with Gasteiger partial charge >= 0.3 is 5.69 Å². The summed E-state index contributed by atoms with van der Waals surface area (Å²) in [5.74, 6) is 0. The summed E-state index contributed by atoms with van der Waals surface area (Å²) >= 11 is 12.1. The normalized spacial score (nSPS) is 10.8. The van der Waals surface area contributed by atoms with E-state index in [1.165, 1.54) is 0 Å². The molecule has 8 nitrogen and oxygen atoms in total. The van der Waals surface area contributed by atoms with E-state index >= 15 is 0 Å². The van der Waals surface area contributed by atoms with Crippen molar-refractivity contribution in [2.75, 3.05) is 17.2 Å². The van der Waals surface area contributed by atoms with Crippen LogP contribution in [0.1, 0.15) is 6.92 Å². The number of anilines is 3. The van der Waals surface area contributed by atoms with E-state index in [0.717, 1.165) is 0 Å². The van der Waals surface area contributed by atoms with Gasteiger partial charge in [0.15, 0.2) is 5.52 Å². The van der Waals surface area contributed by atoms with E-state index in [1.807, 2.05) is 6.92 Å². The Morgan fingerprint density at radius 1 is 1.17 bits per heavy atom. The largest absolute Gasteiger partial charge is 0.383 e. The minimum Gasteiger partial charge on any atom is -0.383 e. The Labute approximate surface area is 145 Å². The fourth-order valence-electron chi connectivity index (χ4n) is 2.27. The molecule has 2 N–H and O–H groups in total. The topological polar surface area (TPSA) is 106 Å². The van der Waals surface area contributed by atoms with Gasteiger partial charge in [0.05, 0.1) is 21.3 Å². The molecule has 10 heteroatoms. The third-order valence-corrected chi connectivity index (χ3v) is 3.82. The van der Waals surface area contributed by atoms with Crippen LogP contribution in [0.15, 0.2) is 28.9 Å². The number of halogens is 2. The molecule has 0 bridgehead atoms. The molecule has 0 spiro atoms. The van der Waals surface area contributed by atoms with Crippen molar-refractivity contribution in [3.05, 3.63) is 44.4 Å². The minimum absolute atomic E-state index is 0.0408. The second-order valence-corrected chi connectivity index (χ2v) is 5.66. The molecule has 3 aromatic rings. The summed E-state index contributed by atoms with van der Waals surface area (Å²) in [6.45, 7) is 2.48. The summed E-state index contributed by atoms with van der Waals surface area (Å²) in [4.78, 5) is 11.0. The zero-order chi connectivity index (χ0) is 17.3. The van der Waals surface area contributed by atoms with Crippen LogP contribution in [-0.4, -0.2) is 21.8 Å². The molecule has 0 radical (unpaired) electrons. The summed E-state index contributed by atoms with van der Waals surface area (Å²) in [6, 6.07) is 6.36. The maximum atomic E-state index is 11.5. The predicted molar refractivity (Wildman–Crippen MR) is 92.4 cm³/mol. The van der Waals surface area contributed by atoms with Crippen molar-refractivity contribution in [1.29, 1.82) is 0 Å². The Bertz CT molecular complexity index is 928. The molecule has 3 rings (SSSR count). The Hall–Kier alpha value is -2.58. The number of nitrogens with zero attached hydrogens (tertiary/aromatic N) is 3. The van der Waals surface area contributed by atoms with Crippen molar-refractivity contribution >= 4 is 57.0 Å². The van der Waals surface area contributed by atoms with E-state index in [9.17, 15) is 10.1 Å². The van der Waals surface area contributed by atoms with Crippen molar-refractivity contribution in [3.63, 3.8) is 0 Å². The summed E-state index contributed by atoms with van der Waals surface area (Å²) < 4.78 is 4.67. The molecule has 0 fully saturated rings. The molecule has 0 saturated heterocycles. The van der Waals surface area contributed by atoms with Gasteiger partial charge in [-0.1, -0.05) is 23.2 Å². The van der Waals surface area contributed by atoms with Gasteiger partial charge in [-0.05, 0) is 41.5 Å². The van der Waals surface area contributed by atoms with Gasteiger partial charge in [-0.15, -0.1) is 0 Å². The minimum atomic E-state index is -0.553. The molecule has 1 aromatic heterocycles. The fraction of sp³-hybridized carbons (Fsp3) is 0.143. The molecule has 2 aromatic carbocycles. The van der Waals surface area contributed by atoms with Crippen LogP contribution in [0, 0.1) is 10.1 Å². The van der Waals surface area contributed by atoms with Gasteiger partial charge in [-0.3, -0.25) is 10.1 Å². The fourth-order valence-corrected chi connectivity index (χ4v) is 2.61. The highest BCUT2D eigenvalue weighted by atomic mass is 35.5. The summed E-state index contributed by atoms with van der Waals surface area (Å²) in [6.07, 6.45) is 0. The van der Waals surface area contributed by atoms with E-state index in [4.69, 9.17) is 23.2 Å². The Morgan fingerprint density at radius 3 is 2.62 bits per heavy atom. The molecule has 1 heterocycles. The van der Waals surface area contributed by atoms with Crippen LogP contribution in [0.4, 0.5) is 22.7 Å². The summed E-state index contributed by atoms with van der Waals surface area (Å²) in [5.41, 5.74) is 1.25. The number of nitro benzene ring substituents is 1. The van der Waals surface area contributed by atoms with E-state index < -0.39 is 4.92 Å². The maximum Gasteiger partial charge on any atom is 0.324 e. The van der Waals surface area contributed by atoms with Crippen LogP contribution in [0.5, 0.6) is 0 Å². The lowest BCUT2D eigenvalue weighted by Gasteiger charge is -2.11. The zero-order valence-electron chi connectivity index (χ0n) is 12.3.